The molecule has 4 nitrogen and oxygen atoms in total. The van der Waals surface area contributed by atoms with Gasteiger partial charge in [-0.3, -0.25) is 9.69 Å². The highest BCUT2D eigenvalue weighted by atomic mass is 16.6. The van der Waals surface area contributed by atoms with Crippen molar-refractivity contribution in [3.8, 4) is 0 Å². The molecule has 2 unspecified atom stereocenters. The molecule has 2 aliphatic carbocycles. The molecular weight excluding hydrogens is 362 g/mol. The molecule has 1 heterocycles. The van der Waals surface area contributed by atoms with Crippen LogP contribution in [0.25, 0.3) is 0 Å². The van der Waals surface area contributed by atoms with Crippen LogP contribution in [0.1, 0.15) is 43.7 Å². The van der Waals surface area contributed by atoms with Crippen molar-refractivity contribution in [2.24, 2.45) is 11.8 Å². The molecular formula is C25H29NO3. The molecule has 2 aromatic rings. The largest absolute Gasteiger partial charge is 0.365 e. The number of ether oxygens (including phenoxy) is 2. The van der Waals surface area contributed by atoms with Crippen molar-refractivity contribution in [3.05, 3.63) is 65.7 Å². The fourth-order valence-corrected chi connectivity index (χ4v) is 4.20. The van der Waals surface area contributed by atoms with Crippen LogP contribution >= 0.6 is 0 Å². The van der Waals surface area contributed by atoms with Crippen LogP contribution < -0.4 is 4.90 Å². The number of hydrogen-bond acceptors (Lipinski definition) is 3. The van der Waals surface area contributed by atoms with Gasteiger partial charge in [-0.1, -0.05) is 48.5 Å². The summed E-state index contributed by atoms with van der Waals surface area (Å²) in [6.45, 7) is 3.52. The van der Waals surface area contributed by atoms with Crippen molar-refractivity contribution in [1.82, 2.24) is 0 Å². The fraction of sp³-hybridized carbons (Fsp3) is 0.480. The molecule has 2 atom stereocenters. The van der Waals surface area contributed by atoms with E-state index >= 15 is 0 Å². The van der Waals surface area contributed by atoms with Crippen LogP contribution in [-0.2, 0) is 26.3 Å². The molecule has 1 aliphatic heterocycles. The SMILES string of the molecule is CC1(OCC2CC2)c2ccccc2N(C(=O)Cc2ccccc2)C1OCC1CC1. The molecule has 152 valence electrons. The zero-order valence-corrected chi connectivity index (χ0v) is 17.0. The fourth-order valence-electron chi connectivity index (χ4n) is 4.20. The minimum absolute atomic E-state index is 0.0585. The van der Waals surface area contributed by atoms with Gasteiger partial charge in [0.05, 0.1) is 25.3 Å². The van der Waals surface area contributed by atoms with E-state index in [0.29, 0.717) is 24.9 Å². The Kier molecular flexibility index (Phi) is 4.92. The lowest BCUT2D eigenvalue weighted by molar-refractivity contribution is -0.147. The smallest absolute Gasteiger partial charge is 0.233 e. The first-order chi connectivity index (χ1) is 14.1. The molecule has 0 N–H and O–H groups in total. The van der Waals surface area contributed by atoms with Gasteiger partial charge in [0.15, 0.2) is 6.23 Å². The van der Waals surface area contributed by atoms with E-state index in [4.69, 9.17) is 9.47 Å². The van der Waals surface area contributed by atoms with Crippen LogP contribution in [0.2, 0.25) is 0 Å². The zero-order chi connectivity index (χ0) is 19.8. The average Bonchev–Trinajstić information content (AvgIpc) is 3.65. The maximum absolute atomic E-state index is 13.5. The van der Waals surface area contributed by atoms with E-state index in [0.717, 1.165) is 23.4 Å². The Morgan fingerprint density at radius 3 is 2.34 bits per heavy atom. The lowest BCUT2D eigenvalue weighted by atomic mass is 9.96. The van der Waals surface area contributed by atoms with E-state index in [1.165, 1.54) is 25.7 Å². The van der Waals surface area contributed by atoms with Gasteiger partial charge >= 0.3 is 0 Å². The van der Waals surface area contributed by atoms with Gasteiger partial charge in [0.1, 0.15) is 5.60 Å². The number of amides is 1. The first kappa shape index (κ1) is 18.8. The van der Waals surface area contributed by atoms with Crippen LogP contribution in [0.4, 0.5) is 5.69 Å². The summed E-state index contributed by atoms with van der Waals surface area (Å²) in [6, 6.07) is 18.1. The predicted octanol–water partition coefficient (Wildman–Crippen LogP) is 4.67. The van der Waals surface area contributed by atoms with Crippen LogP contribution in [0.5, 0.6) is 0 Å². The number of para-hydroxylation sites is 1. The minimum atomic E-state index is -0.638. The summed E-state index contributed by atoms with van der Waals surface area (Å²) in [7, 11) is 0. The Morgan fingerprint density at radius 1 is 0.966 bits per heavy atom. The normalized spacial score (nSPS) is 25.8. The molecule has 29 heavy (non-hydrogen) atoms. The summed E-state index contributed by atoms with van der Waals surface area (Å²) < 4.78 is 12.9. The molecule has 2 fully saturated rings. The number of carbonyl (C=O) groups excluding carboxylic acids is 1. The van der Waals surface area contributed by atoms with E-state index in [2.05, 4.69) is 13.0 Å². The molecule has 0 aromatic heterocycles. The van der Waals surface area contributed by atoms with E-state index in [1.807, 2.05) is 53.4 Å². The molecule has 2 aromatic carbocycles. The third kappa shape index (κ3) is 3.84. The summed E-state index contributed by atoms with van der Waals surface area (Å²) in [5.41, 5.74) is 2.36. The highest BCUT2D eigenvalue weighted by Gasteiger charge is 2.52. The Labute approximate surface area is 172 Å². The van der Waals surface area contributed by atoms with Crippen LogP contribution in [-0.4, -0.2) is 25.3 Å². The summed E-state index contributed by atoms with van der Waals surface area (Å²) in [6.07, 6.45) is 4.85. The summed E-state index contributed by atoms with van der Waals surface area (Å²) in [4.78, 5) is 15.3. The molecule has 1 amide bonds. The quantitative estimate of drug-likeness (QED) is 0.656. The Balaban J connectivity index is 1.46. The van der Waals surface area contributed by atoms with Gasteiger partial charge in [0.2, 0.25) is 5.91 Å². The molecule has 0 radical (unpaired) electrons. The summed E-state index contributed by atoms with van der Waals surface area (Å²) >= 11 is 0. The number of hydrogen-bond donors (Lipinski definition) is 0. The highest BCUT2D eigenvalue weighted by Crippen LogP contribution is 2.48. The maximum atomic E-state index is 13.5. The van der Waals surface area contributed by atoms with Gasteiger partial charge in [-0.05, 0) is 56.1 Å². The van der Waals surface area contributed by atoms with Gasteiger partial charge in [-0.2, -0.15) is 0 Å². The Hall–Kier alpha value is -2.17. The van der Waals surface area contributed by atoms with Gasteiger partial charge in [-0.15, -0.1) is 0 Å². The van der Waals surface area contributed by atoms with Crippen LogP contribution in [0.3, 0.4) is 0 Å². The molecule has 3 aliphatic rings. The van der Waals surface area contributed by atoms with Gasteiger partial charge in [-0.25, -0.2) is 0 Å². The molecule has 0 saturated heterocycles. The number of nitrogens with zero attached hydrogens (tertiary/aromatic N) is 1. The van der Waals surface area contributed by atoms with E-state index in [9.17, 15) is 4.79 Å². The van der Waals surface area contributed by atoms with Crippen molar-refractivity contribution in [2.75, 3.05) is 18.1 Å². The van der Waals surface area contributed by atoms with E-state index in [-0.39, 0.29) is 5.91 Å². The monoisotopic (exact) mass is 391 g/mol. The minimum Gasteiger partial charge on any atom is -0.365 e. The first-order valence-corrected chi connectivity index (χ1v) is 10.9. The number of anilines is 1. The van der Waals surface area contributed by atoms with Crippen molar-refractivity contribution in [3.63, 3.8) is 0 Å². The molecule has 5 rings (SSSR count). The van der Waals surface area contributed by atoms with Gasteiger partial charge in [0.25, 0.3) is 0 Å². The van der Waals surface area contributed by atoms with Gasteiger partial charge < -0.3 is 9.47 Å². The maximum Gasteiger partial charge on any atom is 0.233 e. The Bertz CT molecular complexity index is 875. The second kappa shape index (κ2) is 7.58. The van der Waals surface area contributed by atoms with E-state index < -0.39 is 11.8 Å². The molecule has 0 spiro atoms. The van der Waals surface area contributed by atoms with Crippen molar-refractivity contribution < 1.29 is 14.3 Å². The third-order valence-corrected chi connectivity index (χ3v) is 6.37. The van der Waals surface area contributed by atoms with Crippen LogP contribution in [0.15, 0.2) is 54.6 Å². The average molecular weight is 392 g/mol. The lowest BCUT2D eigenvalue weighted by Crippen LogP contribution is -2.50. The number of benzene rings is 2. The number of rotatable bonds is 8. The van der Waals surface area contributed by atoms with Crippen molar-refractivity contribution in [1.29, 1.82) is 0 Å². The second-order valence-corrected chi connectivity index (χ2v) is 8.93. The van der Waals surface area contributed by atoms with E-state index in [1.54, 1.807) is 0 Å². The zero-order valence-electron chi connectivity index (χ0n) is 17.0. The third-order valence-electron chi connectivity index (χ3n) is 6.37. The first-order valence-electron chi connectivity index (χ1n) is 10.9. The summed E-state index contributed by atoms with van der Waals surface area (Å²) in [5, 5.41) is 0. The van der Waals surface area contributed by atoms with Crippen molar-refractivity contribution >= 4 is 11.6 Å². The second-order valence-electron chi connectivity index (χ2n) is 8.93. The molecule has 0 bridgehead atoms. The number of carbonyl (C=O) groups is 1. The van der Waals surface area contributed by atoms with Gasteiger partial charge in [0, 0.05) is 5.56 Å². The molecule has 4 heteroatoms. The lowest BCUT2D eigenvalue weighted by Gasteiger charge is -2.35. The van der Waals surface area contributed by atoms with Crippen LogP contribution in [0, 0.1) is 11.8 Å². The number of fused-ring (bicyclic) bond motifs is 1. The highest BCUT2D eigenvalue weighted by molar-refractivity contribution is 5.98. The van der Waals surface area contributed by atoms with Crippen molar-refractivity contribution in [2.45, 2.75) is 50.9 Å². The molecule has 2 saturated carbocycles. The predicted molar refractivity (Wildman–Crippen MR) is 113 cm³/mol. The summed E-state index contributed by atoms with van der Waals surface area (Å²) in [5.74, 6) is 1.33. The topological polar surface area (TPSA) is 38.8 Å². The Morgan fingerprint density at radius 2 is 1.62 bits per heavy atom. The standard InChI is InChI=1S/C25H29NO3/c1-25(29-17-20-13-14-20)21-9-5-6-10-22(21)26(24(25)28-16-19-11-12-19)23(27)15-18-7-3-2-4-8-18/h2-10,19-20,24H,11-17H2,1H3.